The third-order valence-corrected chi connectivity index (χ3v) is 2.60. The Morgan fingerprint density at radius 3 is 2.85 bits per heavy atom. The minimum Gasteiger partial charge on any atom is -0.321 e. The van der Waals surface area contributed by atoms with Gasteiger partial charge in [-0.2, -0.15) is 0 Å². The van der Waals surface area contributed by atoms with Gasteiger partial charge >= 0.3 is 0 Å². The summed E-state index contributed by atoms with van der Waals surface area (Å²) < 4.78 is 5.78. The zero-order valence-corrected chi connectivity index (χ0v) is 8.08. The highest BCUT2D eigenvalue weighted by molar-refractivity contribution is 7.05. The van der Waals surface area contributed by atoms with E-state index in [0.717, 1.165) is 12.2 Å². The van der Waals surface area contributed by atoms with Crippen LogP contribution in [0.25, 0.3) is 0 Å². The van der Waals surface area contributed by atoms with E-state index in [1.54, 1.807) is 0 Å². The van der Waals surface area contributed by atoms with Gasteiger partial charge in [0.2, 0.25) is 0 Å². The Hall–Kier alpha value is -1.36. The first-order chi connectivity index (χ1) is 6.36. The molecule has 5 heteroatoms. The third kappa shape index (κ3) is 1.86. The van der Waals surface area contributed by atoms with Crippen LogP contribution in [-0.2, 0) is 6.54 Å². The molecule has 0 radical (unpaired) electrons. The standard InChI is InChI=1S/C8H10N4S/c1-7-8(13-11-10-7)6-9-12-4-2-3-5-12/h2-5,9H,6H2,1H3. The van der Waals surface area contributed by atoms with Crippen LogP contribution in [0.15, 0.2) is 24.5 Å². The molecule has 2 heterocycles. The van der Waals surface area contributed by atoms with Gasteiger partial charge in [0.1, 0.15) is 0 Å². The molecular weight excluding hydrogens is 184 g/mol. The average molecular weight is 194 g/mol. The van der Waals surface area contributed by atoms with Gasteiger partial charge in [-0.3, -0.25) is 4.68 Å². The molecule has 1 N–H and O–H groups in total. The van der Waals surface area contributed by atoms with E-state index in [-0.39, 0.29) is 0 Å². The molecule has 0 aliphatic carbocycles. The van der Waals surface area contributed by atoms with Crippen molar-refractivity contribution in [1.29, 1.82) is 0 Å². The molecule has 2 aromatic rings. The van der Waals surface area contributed by atoms with Crippen molar-refractivity contribution < 1.29 is 0 Å². The van der Waals surface area contributed by atoms with E-state index in [4.69, 9.17) is 0 Å². The fourth-order valence-electron chi connectivity index (χ4n) is 1.02. The smallest absolute Gasteiger partial charge is 0.0775 e. The normalized spacial score (nSPS) is 10.2. The number of hydrogen-bond donors (Lipinski definition) is 1. The van der Waals surface area contributed by atoms with E-state index in [2.05, 4.69) is 15.0 Å². The van der Waals surface area contributed by atoms with E-state index < -0.39 is 0 Å². The van der Waals surface area contributed by atoms with Crippen molar-refractivity contribution in [2.45, 2.75) is 13.5 Å². The molecule has 0 atom stereocenters. The number of hydrogen-bond acceptors (Lipinski definition) is 4. The van der Waals surface area contributed by atoms with Gasteiger partial charge in [0.15, 0.2) is 0 Å². The van der Waals surface area contributed by atoms with Crippen molar-refractivity contribution in [2.75, 3.05) is 5.43 Å². The first-order valence-corrected chi connectivity index (χ1v) is 4.78. The summed E-state index contributed by atoms with van der Waals surface area (Å²) in [6, 6.07) is 3.95. The van der Waals surface area contributed by atoms with E-state index in [9.17, 15) is 0 Å². The lowest BCUT2D eigenvalue weighted by atomic mass is 10.4. The van der Waals surface area contributed by atoms with Crippen LogP contribution in [0.3, 0.4) is 0 Å². The largest absolute Gasteiger partial charge is 0.321 e. The minimum absolute atomic E-state index is 0.776. The second kappa shape index (κ2) is 3.57. The van der Waals surface area contributed by atoms with Gasteiger partial charge in [0.25, 0.3) is 0 Å². The highest BCUT2D eigenvalue weighted by Crippen LogP contribution is 2.08. The van der Waals surface area contributed by atoms with E-state index in [0.29, 0.717) is 0 Å². The third-order valence-electron chi connectivity index (χ3n) is 1.77. The summed E-state index contributed by atoms with van der Waals surface area (Å²) in [7, 11) is 0. The maximum atomic E-state index is 3.94. The quantitative estimate of drug-likeness (QED) is 0.803. The molecule has 0 aromatic carbocycles. The van der Waals surface area contributed by atoms with Crippen molar-refractivity contribution >= 4 is 11.5 Å². The lowest BCUT2D eigenvalue weighted by Crippen LogP contribution is -2.11. The average Bonchev–Trinajstić information content (AvgIpc) is 2.72. The van der Waals surface area contributed by atoms with Crippen LogP contribution in [0.1, 0.15) is 10.6 Å². The molecule has 0 saturated heterocycles. The maximum absolute atomic E-state index is 3.94. The van der Waals surface area contributed by atoms with Crippen LogP contribution in [0, 0.1) is 6.92 Å². The van der Waals surface area contributed by atoms with E-state index in [1.807, 2.05) is 36.1 Å². The Labute approximate surface area is 80.3 Å². The van der Waals surface area contributed by atoms with Crippen molar-refractivity contribution in [3.8, 4) is 0 Å². The first-order valence-electron chi connectivity index (χ1n) is 4.01. The molecule has 13 heavy (non-hydrogen) atoms. The Balaban J connectivity index is 1.97. The van der Waals surface area contributed by atoms with Crippen molar-refractivity contribution in [1.82, 2.24) is 14.3 Å². The lowest BCUT2D eigenvalue weighted by Gasteiger charge is -2.04. The maximum Gasteiger partial charge on any atom is 0.0775 e. The predicted molar refractivity (Wildman–Crippen MR) is 52.1 cm³/mol. The summed E-state index contributed by atoms with van der Waals surface area (Å²) in [5.41, 5.74) is 4.22. The monoisotopic (exact) mass is 194 g/mol. The van der Waals surface area contributed by atoms with Gasteiger partial charge in [0, 0.05) is 12.4 Å². The van der Waals surface area contributed by atoms with Gasteiger partial charge in [-0.25, -0.2) is 0 Å². The summed E-state index contributed by atoms with van der Waals surface area (Å²) in [4.78, 5) is 1.17. The van der Waals surface area contributed by atoms with Gasteiger partial charge in [-0.05, 0) is 30.6 Å². The van der Waals surface area contributed by atoms with Crippen LogP contribution in [0.4, 0.5) is 0 Å². The predicted octanol–water partition coefficient (Wildman–Crippen LogP) is 1.39. The summed E-state index contributed by atoms with van der Waals surface area (Å²) in [5.74, 6) is 0. The summed E-state index contributed by atoms with van der Waals surface area (Å²) in [6.45, 7) is 2.74. The summed E-state index contributed by atoms with van der Waals surface area (Å²) in [6.07, 6.45) is 3.92. The lowest BCUT2D eigenvalue weighted by molar-refractivity contribution is 0.849. The van der Waals surface area contributed by atoms with E-state index >= 15 is 0 Å². The highest BCUT2D eigenvalue weighted by atomic mass is 32.1. The van der Waals surface area contributed by atoms with Crippen molar-refractivity contribution in [3.05, 3.63) is 35.1 Å². The van der Waals surface area contributed by atoms with E-state index in [1.165, 1.54) is 16.4 Å². The number of nitrogens with zero attached hydrogens (tertiary/aromatic N) is 3. The number of aryl methyl sites for hydroxylation is 1. The van der Waals surface area contributed by atoms with Gasteiger partial charge in [-0.1, -0.05) is 4.49 Å². The molecule has 0 aliphatic rings. The molecule has 0 amide bonds. The molecule has 2 rings (SSSR count). The number of rotatable bonds is 3. The molecule has 4 nitrogen and oxygen atoms in total. The molecule has 0 bridgehead atoms. The SMILES string of the molecule is Cc1nnsc1CNn1cccc1. The Morgan fingerprint density at radius 1 is 1.46 bits per heavy atom. The molecule has 68 valence electrons. The minimum atomic E-state index is 0.776. The van der Waals surface area contributed by atoms with Crippen molar-refractivity contribution in [3.63, 3.8) is 0 Å². The highest BCUT2D eigenvalue weighted by Gasteiger charge is 2.01. The Morgan fingerprint density at radius 2 is 2.23 bits per heavy atom. The molecule has 0 fully saturated rings. The van der Waals surface area contributed by atoms with Gasteiger partial charge in [-0.15, -0.1) is 5.10 Å². The summed E-state index contributed by atoms with van der Waals surface area (Å²) >= 11 is 1.43. The van der Waals surface area contributed by atoms with Gasteiger partial charge in [0.05, 0.1) is 17.1 Å². The molecule has 2 aromatic heterocycles. The second-order valence-corrected chi connectivity index (χ2v) is 3.55. The first kappa shape index (κ1) is 8.25. The summed E-state index contributed by atoms with van der Waals surface area (Å²) in [5, 5.41) is 3.94. The van der Waals surface area contributed by atoms with Crippen LogP contribution in [0.5, 0.6) is 0 Å². The van der Waals surface area contributed by atoms with Crippen LogP contribution in [-0.4, -0.2) is 14.3 Å². The van der Waals surface area contributed by atoms with Gasteiger partial charge < -0.3 is 5.43 Å². The Bertz CT molecular complexity index is 365. The number of aromatic nitrogens is 3. The number of nitrogens with one attached hydrogen (secondary N) is 1. The van der Waals surface area contributed by atoms with Crippen LogP contribution >= 0.6 is 11.5 Å². The molecular formula is C8H10N4S. The molecule has 0 spiro atoms. The fraction of sp³-hybridized carbons (Fsp3) is 0.250. The topological polar surface area (TPSA) is 42.7 Å². The van der Waals surface area contributed by atoms with Crippen LogP contribution < -0.4 is 5.43 Å². The fourth-order valence-corrected chi connectivity index (χ4v) is 1.58. The van der Waals surface area contributed by atoms with Crippen LogP contribution in [0.2, 0.25) is 0 Å². The molecule has 0 aliphatic heterocycles. The van der Waals surface area contributed by atoms with Crippen molar-refractivity contribution in [2.24, 2.45) is 0 Å². The molecule has 0 unspecified atom stereocenters. The zero-order chi connectivity index (χ0) is 9.10. The second-order valence-electron chi connectivity index (χ2n) is 2.71. The zero-order valence-electron chi connectivity index (χ0n) is 7.27. The Kier molecular flexibility index (Phi) is 2.27. The molecule has 0 saturated carbocycles.